The third-order valence-electron chi connectivity index (χ3n) is 5.20. The molecule has 2 atom stereocenters. The Bertz CT molecular complexity index is 1260. The number of rotatable bonds is 4. The van der Waals surface area contributed by atoms with Crippen molar-refractivity contribution in [1.29, 1.82) is 0 Å². The number of hydrogen-bond acceptors (Lipinski definition) is 7. The Labute approximate surface area is 200 Å². The minimum absolute atomic E-state index is 0. The average molecular weight is 485 g/mol. The zero-order valence-electron chi connectivity index (χ0n) is 15.4. The summed E-state index contributed by atoms with van der Waals surface area (Å²) in [4.78, 5) is 37.1. The van der Waals surface area contributed by atoms with Crippen LogP contribution in [0.25, 0.3) is 11.0 Å². The van der Waals surface area contributed by atoms with E-state index < -0.39 is 51.6 Å². The summed E-state index contributed by atoms with van der Waals surface area (Å²) in [6.07, 6.45) is -4.58. The molecule has 0 bridgehead atoms. The predicted molar refractivity (Wildman–Crippen MR) is 105 cm³/mol. The van der Waals surface area contributed by atoms with Crippen LogP contribution in [0.2, 0.25) is 0 Å². The van der Waals surface area contributed by atoms with Crippen molar-refractivity contribution in [3.05, 3.63) is 40.2 Å². The molecule has 0 radical (unpaired) electrons. The number of anilines is 1. The van der Waals surface area contributed by atoms with Gasteiger partial charge in [-0.15, -0.1) is 0 Å². The molecule has 2 fully saturated rings. The number of benzene rings is 1. The van der Waals surface area contributed by atoms with E-state index >= 15 is 0 Å². The normalized spacial score (nSPS) is 20.6. The van der Waals surface area contributed by atoms with E-state index in [0.29, 0.717) is 10.4 Å². The quantitative estimate of drug-likeness (QED) is 0.271. The van der Waals surface area contributed by atoms with Gasteiger partial charge in [0.15, 0.2) is 0 Å². The van der Waals surface area contributed by atoms with Crippen molar-refractivity contribution in [3.8, 4) is 0 Å². The van der Waals surface area contributed by atoms with E-state index in [1.54, 1.807) is 0 Å². The van der Waals surface area contributed by atoms with Crippen LogP contribution in [-0.2, 0) is 26.1 Å². The van der Waals surface area contributed by atoms with Crippen molar-refractivity contribution in [2.75, 3.05) is 18.4 Å². The Balaban J connectivity index is 0.00000289. The Kier molecular flexibility index (Phi) is 6.38. The van der Waals surface area contributed by atoms with E-state index in [1.807, 2.05) is 0 Å². The fraction of sp³-hybridized carbons (Fsp3) is 0.353. The first-order chi connectivity index (χ1) is 14.4. The van der Waals surface area contributed by atoms with Crippen molar-refractivity contribution in [1.82, 2.24) is 9.21 Å². The fourth-order valence-electron chi connectivity index (χ4n) is 3.88. The second-order valence-electron chi connectivity index (χ2n) is 7.04. The molecular formula is C17H15F3N3NaO7S. The molecule has 32 heavy (non-hydrogen) atoms. The van der Waals surface area contributed by atoms with Gasteiger partial charge in [-0.1, -0.05) is 0 Å². The van der Waals surface area contributed by atoms with E-state index in [1.165, 1.54) is 11.0 Å². The van der Waals surface area contributed by atoms with Crippen molar-refractivity contribution >= 4 is 68.3 Å². The molecule has 0 aliphatic carbocycles. The van der Waals surface area contributed by atoms with Gasteiger partial charge in [-0.2, -0.15) is 21.6 Å². The van der Waals surface area contributed by atoms with Gasteiger partial charge in [-0.25, -0.2) is 9.10 Å². The van der Waals surface area contributed by atoms with Gasteiger partial charge in [0.2, 0.25) is 5.91 Å². The number of likely N-dealkylation sites (tertiary alicyclic amines) is 1. The molecule has 2 amide bonds. The summed E-state index contributed by atoms with van der Waals surface area (Å²) < 4.78 is 76.0. The molecule has 4 rings (SSSR count). The minimum atomic E-state index is -4.75. The summed E-state index contributed by atoms with van der Waals surface area (Å²) in [5, 5.41) is 2.36. The summed E-state index contributed by atoms with van der Waals surface area (Å²) in [6.45, 7) is -0.258. The summed E-state index contributed by atoms with van der Waals surface area (Å²) in [5.41, 5.74) is -2.45. The number of β-lactam (4-membered cyclic amide) rings is 1. The van der Waals surface area contributed by atoms with Crippen LogP contribution < -0.4 is 10.9 Å². The standard InChI is InChI=1S/C17H14F3N3O7S.Na.H/c18-17(19,20)10-6-14(25)30-12-5-8(1-2-9(10)12)21-7-13(24)22-4-3-11-15(22)16(26)23(11)31(27,28)29;;/h1-2,5-6,11,15,21H,3-4,7H2,(H,27,28,29);;/t11-,15+;;/m1../s1. The fourth-order valence-corrected chi connectivity index (χ4v) is 4.78. The molecule has 3 heterocycles. The van der Waals surface area contributed by atoms with Gasteiger partial charge in [0.25, 0.3) is 5.91 Å². The molecule has 0 spiro atoms. The predicted octanol–water partition coefficient (Wildman–Crippen LogP) is 0.190. The van der Waals surface area contributed by atoms with Gasteiger partial charge < -0.3 is 14.6 Å². The molecule has 2 N–H and O–H groups in total. The van der Waals surface area contributed by atoms with Crippen LogP contribution >= 0.6 is 0 Å². The molecule has 2 saturated heterocycles. The first kappa shape index (κ1) is 24.5. The van der Waals surface area contributed by atoms with Gasteiger partial charge in [-0.05, 0) is 18.6 Å². The number of nitrogens with zero attached hydrogens (tertiary/aromatic N) is 2. The van der Waals surface area contributed by atoms with Crippen molar-refractivity contribution < 1.29 is 40.1 Å². The molecule has 0 unspecified atom stereocenters. The second kappa shape index (κ2) is 8.33. The van der Waals surface area contributed by atoms with E-state index in [9.17, 15) is 36.0 Å². The van der Waals surface area contributed by atoms with E-state index in [0.717, 1.165) is 12.1 Å². The summed E-state index contributed by atoms with van der Waals surface area (Å²) in [5.74, 6) is -1.47. The van der Waals surface area contributed by atoms with Gasteiger partial charge in [0, 0.05) is 29.8 Å². The number of amides is 2. The van der Waals surface area contributed by atoms with Crippen LogP contribution in [-0.4, -0.2) is 88.7 Å². The number of carbonyl (C=O) groups excluding carboxylic acids is 2. The SMILES string of the molecule is O=C(CNc1ccc2c(C(F)(F)F)cc(=O)oc2c1)N1CC[C@@H]2[C@H]1C(=O)N2S(=O)(=O)O.[NaH]. The third kappa shape index (κ3) is 4.24. The molecular weight excluding hydrogens is 470 g/mol. The van der Waals surface area contributed by atoms with Gasteiger partial charge in [-0.3, -0.25) is 14.1 Å². The molecule has 1 aromatic carbocycles. The number of alkyl halides is 3. The van der Waals surface area contributed by atoms with Crippen molar-refractivity contribution in [3.63, 3.8) is 0 Å². The molecule has 10 nitrogen and oxygen atoms in total. The Hall–Kier alpha value is -2.13. The molecule has 2 aliphatic rings. The second-order valence-corrected chi connectivity index (χ2v) is 8.33. The average Bonchev–Trinajstić information content (AvgIpc) is 3.01. The van der Waals surface area contributed by atoms with Crippen molar-refractivity contribution in [2.24, 2.45) is 0 Å². The molecule has 2 aliphatic heterocycles. The number of halogens is 3. The maximum atomic E-state index is 13.1. The van der Waals surface area contributed by atoms with Crippen LogP contribution in [0.4, 0.5) is 18.9 Å². The zero-order chi connectivity index (χ0) is 22.7. The Morgan fingerprint density at radius 1 is 1.25 bits per heavy atom. The van der Waals surface area contributed by atoms with Crippen LogP contribution in [0.15, 0.2) is 33.5 Å². The molecule has 2 aromatic rings. The number of hydrogen-bond donors (Lipinski definition) is 2. The topological polar surface area (TPSA) is 137 Å². The van der Waals surface area contributed by atoms with Gasteiger partial charge in [0.05, 0.1) is 18.2 Å². The van der Waals surface area contributed by atoms with Gasteiger partial charge >= 0.3 is 51.7 Å². The molecule has 168 valence electrons. The zero-order valence-corrected chi connectivity index (χ0v) is 16.2. The molecule has 0 saturated carbocycles. The van der Waals surface area contributed by atoms with E-state index in [2.05, 4.69) is 5.32 Å². The Morgan fingerprint density at radius 2 is 1.94 bits per heavy atom. The van der Waals surface area contributed by atoms with Crippen LogP contribution in [0.5, 0.6) is 0 Å². The number of carbonyl (C=O) groups is 2. The molecule has 15 heteroatoms. The monoisotopic (exact) mass is 485 g/mol. The van der Waals surface area contributed by atoms with Crippen LogP contribution in [0, 0.1) is 0 Å². The van der Waals surface area contributed by atoms with Crippen LogP contribution in [0.3, 0.4) is 0 Å². The first-order valence-corrected chi connectivity index (χ1v) is 10.3. The van der Waals surface area contributed by atoms with Crippen molar-refractivity contribution in [2.45, 2.75) is 24.7 Å². The third-order valence-corrected chi connectivity index (χ3v) is 6.15. The maximum absolute atomic E-state index is 13.1. The Morgan fingerprint density at radius 3 is 2.56 bits per heavy atom. The summed E-state index contributed by atoms with van der Waals surface area (Å²) in [7, 11) is -4.70. The molecule has 1 aromatic heterocycles. The van der Waals surface area contributed by atoms with Crippen LogP contribution in [0.1, 0.15) is 12.0 Å². The summed E-state index contributed by atoms with van der Waals surface area (Å²) >= 11 is 0. The van der Waals surface area contributed by atoms with E-state index in [4.69, 9.17) is 8.97 Å². The van der Waals surface area contributed by atoms with Gasteiger partial charge in [0.1, 0.15) is 11.6 Å². The first-order valence-electron chi connectivity index (χ1n) is 8.87. The number of nitrogens with one attached hydrogen (secondary N) is 1. The van der Waals surface area contributed by atoms with E-state index in [-0.39, 0.29) is 65.7 Å². The summed E-state index contributed by atoms with van der Waals surface area (Å²) in [6, 6.07) is 2.03. The number of fused-ring (bicyclic) bond motifs is 2.